The highest BCUT2D eigenvalue weighted by molar-refractivity contribution is 5.44. The monoisotopic (exact) mass is 222 g/mol. The minimum atomic E-state index is -0.493. The zero-order valence-corrected chi connectivity index (χ0v) is 10.6. The quantitative estimate of drug-likeness (QED) is 0.832. The van der Waals surface area contributed by atoms with Crippen molar-refractivity contribution in [1.82, 2.24) is 4.98 Å². The van der Waals surface area contributed by atoms with Crippen molar-refractivity contribution in [3.05, 3.63) is 24.0 Å². The van der Waals surface area contributed by atoms with E-state index in [1.54, 1.807) is 6.92 Å². The number of nitrogens with zero attached hydrogens (tertiary/aromatic N) is 2. The summed E-state index contributed by atoms with van der Waals surface area (Å²) >= 11 is 0. The second kappa shape index (κ2) is 5.85. The minimum absolute atomic E-state index is 0.493. The van der Waals surface area contributed by atoms with Gasteiger partial charge in [-0.3, -0.25) is 4.98 Å². The fourth-order valence-corrected chi connectivity index (χ4v) is 1.72. The van der Waals surface area contributed by atoms with Crippen LogP contribution in [0.25, 0.3) is 0 Å². The van der Waals surface area contributed by atoms with Gasteiger partial charge in [0.1, 0.15) is 0 Å². The lowest BCUT2D eigenvalue weighted by molar-refractivity contribution is 0.194. The number of rotatable bonds is 5. The van der Waals surface area contributed by atoms with Gasteiger partial charge in [-0.1, -0.05) is 13.3 Å². The number of aromatic nitrogens is 1. The molecule has 0 saturated carbocycles. The zero-order chi connectivity index (χ0) is 12.1. The lowest BCUT2D eigenvalue weighted by Crippen LogP contribution is -2.28. The van der Waals surface area contributed by atoms with Crippen molar-refractivity contribution in [3.8, 4) is 0 Å². The van der Waals surface area contributed by atoms with Crippen LogP contribution in [0, 0.1) is 0 Å². The molecule has 0 aliphatic rings. The molecule has 0 spiro atoms. The van der Waals surface area contributed by atoms with E-state index in [2.05, 4.69) is 30.8 Å². The third kappa shape index (κ3) is 3.20. The van der Waals surface area contributed by atoms with Gasteiger partial charge >= 0.3 is 0 Å². The fourth-order valence-electron chi connectivity index (χ4n) is 1.72. The van der Waals surface area contributed by atoms with E-state index in [1.807, 2.05) is 18.3 Å². The fraction of sp³-hybridized carbons (Fsp3) is 0.615. The van der Waals surface area contributed by atoms with Crippen molar-refractivity contribution < 1.29 is 5.11 Å². The normalized spacial score (nSPS) is 14.6. The van der Waals surface area contributed by atoms with Crippen molar-refractivity contribution in [2.45, 2.75) is 45.8 Å². The summed E-state index contributed by atoms with van der Waals surface area (Å²) in [6.07, 6.45) is 3.69. The summed E-state index contributed by atoms with van der Waals surface area (Å²) in [7, 11) is 2.08. The van der Waals surface area contributed by atoms with Crippen LogP contribution < -0.4 is 4.90 Å². The first-order valence-electron chi connectivity index (χ1n) is 5.93. The van der Waals surface area contributed by atoms with E-state index in [-0.39, 0.29) is 0 Å². The molecule has 0 radical (unpaired) electrons. The summed E-state index contributed by atoms with van der Waals surface area (Å²) in [5.41, 5.74) is 1.82. The average Bonchev–Trinajstić information content (AvgIpc) is 2.28. The first-order valence-corrected chi connectivity index (χ1v) is 5.93. The predicted molar refractivity (Wildman–Crippen MR) is 67.6 cm³/mol. The van der Waals surface area contributed by atoms with Crippen LogP contribution in [-0.4, -0.2) is 23.2 Å². The Morgan fingerprint density at radius 3 is 2.50 bits per heavy atom. The molecule has 16 heavy (non-hydrogen) atoms. The average molecular weight is 222 g/mol. The van der Waals surface area contributed by atoms with E-state index in [1.165, 1.54) is 12.8 Å². The summed E-state index contributed by atoms with van der Waals surface area (Å²) < 4.78 is 0. The molecule has 0 aliphatic heterocycles. The summed E-state index contributed by atoms with van der Waals surface area (Å²) in [5.74, 6) is 0. The molecule has 1 aromatic rings. The lowest BCUT2D eigenvalue weighted by atomic mass is 10.1. The van der Waals surface area contributed by atoms with Crippen LogP contribution in [0.15, 0.2) is 18.3 Å². The van der Waals surface area contributed by atoms with Crippen molar-refractivity contribution in [1.29, 1.82) is 0 Å². The Balaban J connectivity index is 2.73. The van der Waals surface area contributed by atoms with Gasteiger partial charge in [0, 0.05) is 13.1 Å². The van der Waals surface area contributed by atoms with Gasteiger partial charge in [-0.2, -0.15) is 0 Å². The van der Waals surface area contributed by atoms with Crippen molar-refractivity contribution >= 4 is 5.69 Å². The molecular formula is C13H22N2O. The molecule has 0 fully saturated rings. The third-order valence-corrected chi connectivity index (χ3v) is 2.97. The first kappa shape index (κ1) is 13.0. The highest BCUT2D eigenvalue weighted by Gasteiger charge is 2.10. The molecule has 0 saturated heterocycles. The van der Waals surface area contributed by atoms with Crippen molar-refractivity contribution in [3.63, 3.8) is 0 Å². The van der Waals surface area contributed by atoms with Gasteiger partial charge in [0.25, 0.3) is 0 Å². The van der Waals surface area contributed by atoms with Gasteiger partial charge in [0.15, 0.2) is 0 Å². The molecule has 3 heteroatoms. The number of anilines is 1. The van der Waals surface area contributed by atoms with Gasteiger partial charge in [0.05, 0.1) is 23.7 Å². The summed E-state index contributed by atoms with van der Waals surface area (Å²) in [6.45, 7) is 6.14. The predicted octanol–water partition coefficient (Wildman–Crippen LogP) is 2.76. The Morgan fingerprint density at radius 2 is 2.06 bits per heavy atom. The number of hydrogen-bond acceptors (Lipinski definition) is 3. The molecule has 1 aromatic heterocycles. The summed E-state index contributed by atoms with van der Waals surface area (Å²) in [5, 5.41) is 9.37. The molecule has 1 heterocycles. The maximum Gasteiger partial charge on any atom is 0.0931 e. The van der Waals surface area contributed by atoms with Gasteiger partial charge in [0.2, 0.25) is 0 Å². The lowest BCUT2D eigenvalue weighted by Gasteiger charge is -2.26. The zero-order valence-electron chi connectivity index (χ0n) is 10.6. The molecule has 0 amide bonds. The molecule has 1 N–H and O–H groups in total. The molecular weight excluding hydrogens is 200 g/mol. The Morgan fingerprint density at radius 1 is 1.38 bits per heavy atom. The van der Waals surface area contributed by atoms with Crippen LogP contribution in [0.1, 0.15) is 45.4 Å². The Bertz CT molecular complexity index is 308. The molecule has 0 aromatic carbocycles. The number of aliphatic hydroxyl groups is 1. The van der Waals surface area contributed by atoms with E-state index in [0.717, 1.165) is 11.4 Å². The Hall–Kier alpha value is -1.09. The van der Waals surface area contributed by atoms with Gasteiger partial charge in [-0.15, -0.1) is 0 Å². The number of aliphatic hydroxyl groups excluding tert-OH is 1. The molecule has 1 rings (SSSR count). The number of pyridine rings is 1. The Labute approximate surface area is 98.1 Å². The molecule has 0 aliphatic carbocycles. The molecule has 0 bridgehead atoms. The minimum Gasteiger partial charge on any atom is -0.387 e. The summed E-state index contributed by atoms with van der Waals surface area (Å²) in [4.78, 5) is 6.47. The molecule has 3 nitrogen and oxygen atoms in total. The maximum atomic E-state index is 9.37. The topological polar surface area (TPSA) is 36.4 Å². The SMILES string of the molecule is CCCC(C)N(C)c1ccc(C(C)O)nc1. The van der Waals surface area contributed by atoms with Crippen LogP contribution in [0.3, 0.4) is 0 Å². The highest BCUT2D eigenvalue weighted by Crippen LogP contribution is 2.18. The highest BCUT2D eigenvalue weighted by atomic mass is 16.3. The van der Waals surface area contributed by atoms with Crippen molar-refractivity contribution in [2.24, 2.45) is 0 Å². The molecule has 2 unspecified atom stereocenters. The maximum absolute atomic E-state index is 9.37. The molecule has 2 atom stereocenters. The smallest absolute Gasteiger partial charge is 0.0931 e. The van der Waals surface area contributed by atoms with Gasteiger partial charge in [-0.25, -0.2) is 0 Å². The number of hydrogen-bond donors (Lipinski definition) is 1. The second-order valence-corrected chi connectivity index (χ2v) is 4.37. The van der Waals surface area contributed by atoms with E-state index < -0.39 is 6.10 Å². The standard InChI is InChI=1S/C13H22N2O/c1-5-6-10(2)15(4)12-7-8-13(11(3)16)14-9-12/h7-11,16H,5-6H2,1-4H3. The first-order chi connectivity index (χ1) is 7.56. The van der Waals surface area contributed by atoms with Gasteiger partial charge < -0.3 is 10.0 Å². The van der Waals surface area contributed by atoms with Crippen LogP contribution in [0.4, 0.5) is 5.69 Å². The summed E-state index contributed by atoms with van der Waals surface area (Å²) in [6, 6.07) is 4.42. The Kier molecular flexibility index (Phi) is 4.74. The van der Waals surface area contributed by atoms with E-state index in [4.69, 9.17) is 0 Å². The third-order valence-electron chi connectivity index (χ3n) is 2.97. The van der Waals surface area contributed by atoms with E-state index in [0.29, 0.717) is 6.04 Å². The van der Waals surface area contributed by atoms with Crippen LogP contribution in [-0.2, 0) is 0 Å². The van der Waals surface area contributed by atoms with Crippen molar-refractivity contribution in [2.75, 3.05) is 11.9 Å². The van der Waals surface area contributed by atoms with Crippen LogP contribution in [0.5, 0.6) is 0 Å². The van der Waals surface area contributed by atoms with Crippen LogP contribution in [0.2, 0.25) is 0 Å². The van der Waals surface area contributed by atoms with E-state index >= 15 is 0 Å². The second-order valence-electron chi connectivity index (χ2n) is 4.37. The molecule has 90 valence electrons. The van der Waals surface area contributed by atoms with E-state index in [9.17, 15) is 5.11 Å². The van der Waals surface area contributed by atoms with Gasteiger partial charge in [-0.05, 0) is 32.4 Å². The largest absolute Gasteiger partial charge is 0.387 e. The van der Waals surface area contributed by atoms with Crippen LogP contribution >= 0.6 is 0 Å².